The lowest BCUT2D eigenvalue weighted by atomic mass is 10.2. The Labute approximate surface area is 106 Å². The van der Waals surface area contributed by atoms with E-state index in [1.807, 2.05) is 32.3 Å². The Morgan fingerprint density at radius 3 is 3.17 bits per heavy atom. The molecule has 2 aliphatic heterocycles. The van der Waals surface area contributed by atoms with E-state index in [-0.39, 0.29) is 6.35 Å². The summed E-state index contributed by atoms with van der Waals surface area (Å²) in [5.41, 5.74) is 3.39. The van der Waals surface area contributed by atoms with Gasteiger partial charge in [-0.15, -0.1) is 0 Å². The molecular weight excluding hydrogens is 228 g/mol. The van der Waals surface area contributed by atoms with Crippen LogP contribution in [0, 0.1) is 6.92 Å². The minimum Gasteiger partial charge on any atom is -0.449 e. The summed E-state index contributed by atoms with van der Waals surface area (Å²) in [6.07, 6.45) is 3.37. The van der Waals surface area contributed by atoms with E-state index >= 15 is 0 Å². The van der Waals surface area contributed by atoms with Crippen LogP contribution < -0.4 is 10.1 Å². The molecule has 1 N–H and O–H groups in total. The summed E-state index contributed by atoms with van der Waals surface area (Å²) >= 11 is 0. The van der Waals surface area contributed by atoms with Gasteiger partial charge in [0.1, 0.15) is 5.75 Å². The Bertz CT molecular complexity index is 523. The van der Waals surface area contributed by atoms with Gasteiger partial charge in [0.25, 0.3) is 6.35 Å². The third kappa shape index (κ3) is 1.86. The van der Waals surface area contributed by atoms with Gasteiger partial charge in [0.2, 0.25) is 0 Å². The Hall–Kier alpha value is -1.88. The topological polar surface area (TPSA) is 49.8 Å². The van der Waals surface area contributed by atoms with Crippen molar-refractivity contribution < 1.29 is 4.74 Å². The van der Waals surface area contributed by atoms with Gasteiger partial charge < -0.3 is 15.0 Å². The Balaban J connectivity index is 1.80. The molecule has 2 aliphatic rings. The number of nitrogens with zero attached hydrogens (tertiary/aromatic N) is 3. The number of rotatable bonds is 2. The summed E-state index contributed by atoms with van der Waals surface area (Å²) in [6, 6.07) is 3.79. The number of aryl methyl sites for hydroxylation is 1. The Morgan fingerprint density at radius 1 is 1.44 bits per heavy atom. The number of hydrogen-bond acceptors (Lipinski definition) is 5. The molecule has 3 rings (SSSR count). The zero-order valence-corrected chi connectivity index (χ0v) is 10.6. The largest absolute Gasteiger partial charge is 0.449 e. The average Bonchev–Trinajstić information content (AvgIpc) is 2.84. The number of likely N-dealkylation sites (N-methyl/N-ethyl adjacent to an activating group) is 1. The molecule has 1 aromatic heterocycles. The normalized spacial score (nSPS) is 22.3. The molecule has 1 atom stereocenters. The fourth-order valence-corrected chi connectivity index (χ4v) is 2.21. The first kappa shape index (κ1) is 11.2. The van der Waals surface area contributed by atoms with E-state index in [2.05, 4.69) is 20.2 Å². The van der Waals surface area contributed by atoms with Crippen molar-refractivity contribution in [2.75, 3.05) is 20.1 Å². The molecule has 1 aromatic rings. The maximum atomic E-state index is 5.91. The molecule has 94 valence electrons. The van der Waals surface area contributed by atoms with E-state index in [0.717, 1.165) is 24.5 Å². The summed E-state index contributed by atoms with van der Waals surface area (Å²) in [5.74, 6) is 0.779. The van der Waals surface area contributed by atoms with Crippen LogP contribution in [0.5, 0.6) is 5.75 Å². The van der Waals surface area contributed by atoms with E-state index in [1.54, 1.807) is 6.20 Å². The van der Waals surface area contributed by atoms with Crippen molar-refractivity contribution in [3.05, 3.63) is 35.3 Å². The highest BCUT2D eigenvalue weighted by Gasteiger charge is 2.27. The fourth-order valence-electron chi connectivity index (χ4n) is 2.21. The van der Waals surface area contributed by atoms with Crippen molar-refractivity contribution in [2.45, 2.75) is 13.3 Å². The van der Waals surface area contributed by atoms with Crippen LogP contribution in [-0.2, 0) is 0 Å². The van der Waals surface area contributed by atoms with Gasteiger partial charge in [-0.25, -0.2) is 4.99 Å². The lowest BCUT2D eigenvalue weighted by molar-refractivity contribution is 0.0745. The standard InChI is InChI=1S/C13H16N4O/c1-9-12(4-3-5-15-9)18-13-16-7-10-6-14-8-11(10)17(13)2/h3-5,7,13-14H,6,8H2,1-2H3. The van der Waals surface area contributed by atoms with Crippen molar-refractivity contribution in [1.82, 2.24) is 15.2 Å². The van der Waals surface area contributed by atoms with Crippen molar-refractivity contribution in [3.63, 3.8) is 0 Å². The predicted molar refractivity (Wildman–Crippen MR) is 69.5 cm³/mol. The minimum absolute atomic E-state index is 0.299. The highest BCUT2D eigenvalue weighted by Crippen LogP contribution is 2.23. The van der Waals surface area contributed by atoms with Crippen molar-refractivity contribution in [3.8, 4) is 5.75 Å². The molecule has 3 heterocycles. The first-order chi connectivity index (χ1) is 8.75. The van der Waals surface area contributed by atoms with Crippen molar-refractivity contribution in [2.24, 2.45) is 4.99 Å². The fraction of sp³-hybridized carbons (Fsp3) is 0.385. The second-order valence-electron chi connectivity index (χ2n) is 4.50. The summed E-state index contributed by atoms with van der Waals surface area (Å²) < 4.78 is 5.91. The Kier molecular flexibility index (Phi) is 2.76. The van der Waals surface area contributed by atoms with Crippen LogP contribution in [0.4, 0.5) is 0 Å². The molecular formula is C13H16N4O. The molecule has 0 spiro atoms. The van der Waals surface area contributed by atoms with E-state index in [9.17, 15) is 0 Å². The second-order valence-corrected chi connectivity index (χ2v) is 4.50. The minimum atomic E-state index is -0.299. The number of ether oxygens (including phenoxy) is 1. The molecule has 0 radical (unpaired) electrons. The van der Waals surface area contributed by atoms with Crippen LogP contribution in [0.2, 0.25) is 0 Å². The van der Waals surface area contributed by atoms with E-state index in [4.69, 9.17) is 4.74 Å². The van der Waals surface area contributed by atoms with Gasteiger partial charge in [0.15, 0.2) is 0 Å². The van der Waals surface area contributed by atoms with Crippen LogP contribution in [-0.4, -0.2) is 42.6 Å². The van der Waals surface area contributed by atoms with Gasteiger partial charge in [0.05, 0.1) is 5.69 Å². The Morgan fingerprint density at radius 2 is 2.33 bits per heavy atom. The number of nitrogens with one attached hydrogen (secondary N) is 1. The van der Waals surface area contributed by atoms with Crippen LogP contribution in [0.25, 0.3) is 0 Å². The maximum Gasteiger partial charge on any atom is 0.270 e. The zero-order chi connectivity index (χ0) is 12.5. The molecule has 0 fully saturated rings. The number of hydrogen-bond donors (Lipinski definition) is 1. The summed E-state index contributed by atoms with van der Waals surface area (Å²) in [7, 11) is 2.01. The first-order valence-electron chi connectivity index (χ1n) is 6.03. The highest BCUT2D eigenvalue weighted by molar-refractivity contribution is 5.82. The van der Waals surface area contributed by atoms with E-state index in [0.29, 0.717) is 0 Å². The van der Waals surface area contributed by atoms with Crippen LogP contribution in [0.3, 0.4) is 0 Å². The van der Waals surface area contributed by atoms with E-state index in [1.165, 1.54) is 11.3 Å². The van der Waals surface area contributed by atoms with Gasteiger partial charge in [-0.3, -0.25) is 4.98 Å². The molecule has 0 amide bonds. The zero-order valence-electron chi connectivity index (χ0n) is 10.6. The smallest absolute Gasteiger partial charge is 0.270 e. The number of aliphatic imine (C=N–C) groups is 1. The summed E-state index contributed by atoms with van der Waals surface area (Å²) in [4.78, 5) is 10.7. The molecule has 18 heavy (non-hydrogen) atoms. The predicted octanol–water partition coefficient (Wildman–Crippen LogP) is 0.926. The van der Waals surface area contributed by atoms with Crippen LogP contribution in [0.15, 0.2) is 34.6 Å². The molecule has 0 bridgehead atoms. The van der Waals surface area contributed by atoms with Gasteiger partial charge in [-0.05, 0) is 19.1 Å². The number of pyridine rings is 1. The molecule has 5 nitrogen and oxygen atoms in total. The monoisotopic (exact) mass is 244 g/mol. The quantitative estimate of drug-likeness (QED) is 0.840. The molecule has 0 aliphatic carbocycles. The van der Waals surface area contributed by atoms with Gasteiger partial charge in [-0.1, -0.05) is 0 Å². The molecule has 1 unspecified atom stereocenters. The lowest BCUT2D eigenvalue weighted by Gasteiger charge is -2.31. The maximum absolute atomic E-state index is 5.91. The van der Waals surface area contributed by atoms with Crippen molar-refractivity contribution >= 4 is 6.21 Å². The summed E-state index contributed by atoms with van der Waals surface area (Å²) in [5, 5.41) is 3.32. The summed E-state index contributed by atoms with van der Waals surface area (Å²) in [6.45, 7) is 3.70. The third-order valence-corrected chi connectivity index (χ3v) is 3.28. The van der Waals surface area contributed by atoms with Gasteiger partial charge >= 0.3 is 0 Å². The molecule has 0 saturated carbocycles. The van der Waals surface area contributed by atoms with Gasteiger partial charge in [-0.2, -0.15) is 0 Å². The van der Waals surface area contributed by atoms with Crippen LogP contribution in [0.1, 0.15) is 5.69 Å². The van der Waals surface area contributed by atoms with Gasteiger partial charge in [0, 0.05) is 43.8 Å². The SMILES string of the molecule is Cc1ncccc1OC1N=CC2=C(CNC2)N1C. The van der Waals surface area contributed by atoms with Crippen LogP contribution >= 0.6 is 0 Å². The highest BCUT2D eigenvalue weighted by atomic mass is 16.5. The first-order valence-corrected chi connectivity index (χ1v) is 6.03. The van der Waals surface area contributed by atoms with E-state index < -0.39 is 0 Å². The lowest BCUT2D eigenvalue weighted by Crippen LogP contribution is -2.38. The average molecular weight is 244 g/mol. The molecule has 0 saturated heterocycles. The third-order valence-electron chi connectivity index (χ3n) is 3.28. The number of aromatic nitrogens is 1. The van der Waals surface area contributed by atoms with Crippen molar-refractivity contribution in [1.29, 1.82) is 0 Å². The molecule has 5 heteroatoms. The molecule has 0 aromatic carbocycles. The second kappa shape index (κ2) is 4.42.